The Morgan fingerprint density at radius 1 is 1.19 bits per heavy atom. The topological polar surface area (TPSA) is 39.7 Å². The van der Waals surface area contributed by atoms with Crippen LogP contribution >= 0.6 is 0 Å². The molecule has 0 radical (unpaired) electrons. The quantitative estimate of drug-likeness (QED) is 0.617. The van der Waals surface area contributed by atoms with Gasteiger partial charge in [0.15, 0.2) is 5.96 Å². The van der Waals surface area contributed by atoms with Crippen molar-refractivity contribution >= 4 is 5.96 Å². The van der Waals surface area contributed by atoms with Gasteiger partial charge in [0.1, 0.15) is 0 Å². The van der Waals surface area contributed by atoms with Crippen molar-refractivity contribution in [3.63, 3.8) is 0 Å². The van der Waals surface area contributed by atoms with Crippen molar-refractivity contribution in [1.82, 2.24) is 15.5 Å². The molecule has 1 aliphatic heterocycles. The summed E-state index contributed by atoms with van der Waals surface area (Å²) in [6.45, 7) is 8.21. The van der Waals surface area contributed by atoms with E-state index in [0.717, 1.165) is 30.3 Å². The van der Waals surface area contributed by atoms with Crippen LogP contribution in [0.2, 0.25) is 0 Å². The van der Waals surface area contributed by atoms with Crippen LogP contribution in [0, 0.1) is 17.8 Å². The third-order valence-corrected chi connectivity index (χ3v) is 5.33. The largest absolute Gasteiger partial charge is 0.356 e. The van der Waals surface area contributed by atoms with Crippen LogP contribution in [0.25, 0.3) is 0 Å². The summed E-state index contributed by atoms with van der Waals surface area (Å²) in [5.41, 5.74) is 0. The van der Waals surface area contributed by atoms with Gasteiger partial charge in [-0.1, -0.05) is 13.8 Å². The normalized spacial score (nSPS) is 31.7. The summed E-state index contributed by atoms with van der Waals surface area (Å²) < 4.78 is 0. The van der Waals surface area contributed by atoms with Crippen LogP contribution in [-0.4, -0.2) is 50.6 Å². The molecule has 2 aliphatic rings. The minimum Gasteiger partial charge on any atom is -0.356 e. The molecule has 4 heteroatoms. The second-order valence-electron chi connectivity index (χ2n) is 7.37. The van der Waals surface area contributed by atoms with Gasteiger partial charge in [-0.3, -0.25) is 4.99 Å². The number of guanidine groups is 1. The monoisotopic (exact) mass is 294 g/mol. The van der Waals surface area contributed by atoms with Crippen LogP contribution in [0.3, 0.4) is 0 Å². The molecule has 2 fully saturated rings. The Labute approximate surface area is 130 Å². The van der Waals surface area contributed by atoms with Crippen molar-refractivity contribution in [3.8, 4) is 0 Å². The Balaban J connectivity index is 1.68. The van der Waals surface area contributed by atoms with Crippen LogP contribution in [0.15, 0.2) is 4.99 Å². The molecule has 1 aliphatic carbocycles. The van der Waals surface area contributed by atoms with Gasteiger partial charge in [-0.05, 0) is 63.5 Å². The molecule has 2 N–H and O–H groups in total. The summed E-state index contributed by atoms with van der Waals surface area (Å²) in [6, 6.07) is 0.609. The molecule has 1 atom stereocenters. The van der Waals surface area contributed by atoms with Crippen LogP contribution in [0.5, 0.6) is 0 Å². The molecule has 1 saturated carbocycles. The Morgan fingerprint density at radius 2 is 1.90 bits per heavy atom. The highest BCUT2D eigenvalue weighted by Gasteiger charge is 2.24. The molecule has 1 saturated heterocycles. The molecule has 21 heavy (non-hydrogen) atoms. The maximum absolute atomic E-state index is 4.40. The van der Waals surface area contributed by atoms with Gasteiger partial charge in [0.2, 0.25) is 0 Å². The van der Waals surface area contributed by atoms with Gasteiger partial charge in [0.25, 0.3) is 0 Å². The van der Waals surface area contributed by atoms with Gasteiger partial charge in [-0.2, -0.15) is 0 Å². The molecular weight excluding hydrogens is 260 g/mol. The average Bonchev–Trinajstić information content (AvgIpc) is 2.89. The fourth-order valence-electron chi connectivity index (χ4n) is 3.75. The molecule has 0 spiro atoms. The smallest absolute Gasteiger partial charge is 0.191 e. The maximum Gasteiger partial charge on any atom is 0.191 e. The lowest BCUT2D eigenvalue weighted by Crippen LogP contribution is -2.46. The molecule has 0 bridgehead atoms. The molecule has 0 aromatic carbocycles. The Bertz CT molecular complexity index is 332. The van der Waals surface area contributed by atoms with E-state index >= 15 is 0 Å². The first-order valence-corrected chi connectivity index (χ1v) is 8.74. The van der Waals surface area contributed by atoms with E-state index in [2.05, 4.69) is 41.4 Å². The molecular formula is C17H34N4. The van der Waals surface area contributed by atoms with Gasteiger partial charge in [-0.15, -0.1) is 0 Å². The molecule has 2 rings (SSSR count). The fraction of sp³-hybridized carbons (Fsp3) is 0.941. The van der Waals surface area contributed by atoms with Crippen molar-refractivity contribution < 1.29 is 0 Å². The summed E-state index contributed by atoms with van der Waals surface area (Å²) in [4.78, 5) is 6.81. The van der Waals surface area contributed by atoms with Gasteiger partial charge < -0.3 is 15.5 Å². The number of nitrogens with one attached hydrogen (secondary N) is 2. The summed E-state index contributed by atoms with van der Waals surface area (Å²) in [7, 11) is 4.09. The lowest BCUT2D eigenvalue weighted by Gasteiger charge is -2.32. The number of nitrogens with zero attached hydrogens (tertiary/aromatic N) is 2. The van der Waals surface area contributed by atoms with E-state index in [4.69, 9.17) is 0 Å². The van der Waals surface area contributed by atoms with Gasteiger partial charge in [-0.25, -0.2) is 0 Å². The highest BCUT2D eigenvalue weighted by atomic mass is 15.2. The Hall–Kier alpha value is -0.770. The summed E-state index contributed by atoms with van der Waals surface area (Å²) >= 11 is 0. The number of rotatable bonds is 4. The summed E-state index contributed by atoms with van der Waals surface area (Å²) in [5.74, 6) is 3.53. The highest BCUT2D eigenvalue weighted by Crippen LogP contribution is 2.29. The first-order valence-electron chi connectivity index (χ1n) is 8.74. The van der Waals surface area contributed by atoms with E-state index < -0.39 is 0 Å². The zero-order chi connectivity index (χ0) is 15.2. The van der Waals surface area contributed by atoms with Gasteiger partial charge >= 0.3 is 0 Å². The Kier molecular flexibility index (Phi) is 6.34. The molecule has 1 heterocycles. The molecule has 1 unspecified atom stereocenters. The molecule has 0 amide bonds. The number of hydrogen-bond donors (Lipinski definition) is 2. The molecule has 0 aromatic heterocycles. The highest BCUT2D eigenvalue weighted by molar-refractivity contribution is 5.79. The van der Waals surface area contributed by atoms with Crippen molar-refractivity contribution in [2.45, 2.75) is 52.0 Å². The van der Waals surface area contributed by atoms with Gasteiger partial charge in [0, 0.05) is 26.2 Å². The van der Waals surface area contributed by atoms with E-state index in [-0.39, 0.29) is 0 Å². The minimum absolute atomic E-state index is 0.609. The first-order chi connectivity index (χ1) is 10.1. The molecule has 4 nitrogen and oxygen atoms in total. The van der Waals surface area contributed by atoms with E-state index in [1.165, 1.54) is 45.2 Å². The lowest BCUT2D eigenvalue weighted by molar-refractivity contribution is 0.250. The zero-order valence-corrected chi connectivity index (χ0v) is 14.4. The maximum atomic E-state index is 4.40. The van der Waals surface area contributed by atoms with Crippen LogP contribution < -0.4 is 10.6 Å². The summed E-state index contributed by atoms with van der Waals surface area (Å²) in [5, 5.41) is 7.15. The second kappa shape index (κ2) is 8.02. The fourth-order valence-corrected chi connectivity index (χ4v) is 3.75. The van der Waals surface area contributed by atoms with Crippen LogP contribution in [-0.2, 0) is 0 Å². The Morgan fingerprint density at radius 3 is 2.43 bits per heavy atom. The van der Waals surface area contributed by atoms with Crippen LogP contribution in [0.1, 0.15) is 46.0 Å². The first kappa shape index (κ1) is 16.6. The van der Waals surface area contributed by atoms with Gasteiger partial charge in [0.05, 0.1) is 0 Å². The number of hydrogen-bond acceptors (Lipinski definition) is 2. The van der Waals surface area contributed by atoms with Crippen molar-refractivity contribution in [1.29, 1.82) is 0 Å². The van der Waals surface area contributed by atoms with E-state index in [1.54, 1.807) is 0 Å². The predicted octanol–water partition coefficient (Wildman–Crippen LogP) is 2.32. The van der Waals surface area contributed by atoms with Crippen molar-refractivity contribution in [2.24, 2.45) is 22.7 Å². The third kappa shape index (κ3) is 5.17. The third-order valence-electron chi connectivity index (χ3n) is 5.33. The zero-order valence-electron chi connectivity index (χ0n) is 14.4. The second-order valence-corrected chi connectivity index (χ2v) is 7.37. The molecule has 0 aromatic rings. The van der Waals surface area contributed by atoms with Crippen LogP contribution in [0.4, 0.5) is 0 Å². The number of aliphatic imine (C=N–C) groups is 1. The van der Waals surface area contributed by atoms with Crippen molar-refractivity contribution in [3.05, 3.63) is 0 Å². The average molecular weight is 294 g/mol. The van der Waals surface area contributed by atoms with E-state index in [0.29, 0.717) is 6.04 Å². The van der Waals surface area contributed by atoms with E-state index in [9.17, 15) is 0 Å². The predicted molar refractivity (Wildman–Crippen MR) is 90.7 cm³/mol. The SMILES string of the molecule is CN=C(NCC1CCN(C)C1)NC1CCC(C(C)C)CC1. The van der Waals surface area contributed by atoms with E-state index in [1.807, 2.05) is 7.05 Å². The minimum atomic E-state index is 0.609. The lowest BCUT2D eigenvalue weighted by atomic mass is 9.80. The van der Waals surface area contributed by atoms with Crippen molar-refractivity contribution in [2.75, 3.05) is 33.7 Å². The molecule has 122 valence electrons. The number of likely N-dealkylation sites (tertiary alicyclic amines) is 1. The standard InChI is InChI=1S/C17H34N4/c1-13(2)15-5-7-16(8-6-15)20-17(18-3)19-11-14-9-10-21(4)12-14/h13-16H,5-12H2,1-4H3,(H2,18,19,20). The summed E-state index contributed by atoms with van der Waals surface area (Å²) in [6.07, 6.45) is 6.60.